The molecule has 1 aromatic heterocycles. The fraction of sp³-hybridized carbons (Fsp3) is 0.743. The molecule has 0 spiro atoms. The third-order valence-corrected chi connectivity index (χ3v) is 8.32. The molecule has 0 fully saturated rings. The van der Waals surface area contributed by atoms with Gasteiger partial charge in [-0.25, -0.2) is 4.98 Å². The minimum Gasteiger partial charge on any atom is -0.334 e. The number of hydrogen-bond acceptors (Lipinski definition) is 1. The fourth-order valence-electron chi connectivity index (χ4n) is 6.00. The standard InChI is InChI=1S/C35H60N2/c1-3-5-7-9-11-12-13-14-15-17-18-23-27-34(31-33-25-21-20-22-26-33)35(37-30-29-36-32-37)28-24-19-16-10-8-6-4-2/h20-22,25-26,29-30,32,34-35H,3-19,23-24,27-28,31H2,1-2H3. The Morgan fingerprint density at radius 1 is 0.595 bits per heavy atom. The first-order chi connectivity index (χ1) is 18.3. The highest BCUT2D eigenvalue weighted by atomic mass is 15.1. The van der Waals surface area contributed by atoms with Gasteiger partial charge < -0.3 is 4.57 Å². The number of aromatic nitrogens is 2. The van der Waals surface area contributed by atoms with Crippen molar-refractivity contribution in [3.63, 3.8) is 0 Å². The normalized spacial score (nSPS) is 13.1. The molecular formula is C35H60N2. The molecule has 0 aliphatic carbocycles. The second-order valence-corrected chi connectivity index (χ2v) is 11.6. The van der Waals surface area contributed by atoms with Gasteiger partial charge in [0, 0.05) is 18.4 Å². The molecule has 1 aromatic carbocycles. The van der Waals surface area contributed by atoms with E-state index in [9.17, 15) is 0 Å². The monoisotopic (exact) mass is 508 g/mol. The maximum atomic E-state index is 4.44. The molecule has 1 heterocycles. The summed E-state index contributed by atoms with van der Waals surface area (Å²) in [5.41, 5.74) is 1.50. The first-order valence-electron chi connectivity index (χ1n) is 16.4. The molecule has 2 atom stereocenters. The van der Waals surface area contributed by atoms with Gasteiger partial charge in [0.2, 0.25) is 0 Å². The Hall–Kier alpha value is -1.57. The number of imidazole rings is 1. The van der Waals surface area contributed by atoms with Gasteiger partial charge in [0.05, 0.1) is 6.33 Å². The van der Waals surface area contributed by atoms with Crippen molar-refractivity contribution in [3.05, 3.63) is 54.6 Å². The van der Waals surface area contributed by atoms with Crippen LogP contribution in [0.2, 0.25) is 0 Å². The van der Waals surface area contributed by atoms with E-state index >= 15 is 0 Å². The summed E-state index contributed by atoms with van der Waals surface area (Å²) in [5, 5.41) is 0. The van der Waals surface area contributed by atoms with Gasteiger partial charge in [0.25, 0.3) is 0 Å². The van der Waals surface area contributed by atoms with Crippen molar-refractivity contribution >= 4 is 0 Å². The Balaban J connectivity index is 1.78. The van der Waals surface area contributed by atoms with Crippen molar-refractivity contribution in [3.8, 4) is 0 Å². The summed E-state index contributed by atoms with van der Waals surface area (Å²) in [5.74, 6) is 0.694. The van der Waals surface area contributed by atoms with Gasteiger partial charge in [-0.15, -0.1) is 0 Å². The van der Waals surface area contributed by atoms with Gasteiger partial charge >= 0.3 is 0 Å². The predicted octanol–water partition coefficient (Wildman–Crippen LogP) is 11.5. The predicted molar refractivity (Wildman–Crippen MR) is 163 cm³/mol. The van der Waals surface area contributed by atoms with Gasteiger partial charge in [0.15, 0.2) is 0 Å². The summed E-state index contributed by atoms with van der Waals surface area (Å²) < 4.78 is 2.44. The lowest BCUT2D eigenvalue weighted by atomic mass is 9.84. The molecule has 0 amide bonds. The summed E-state index contributed by atoms with van der Waals surface area (Å²) in [6, 6.07) is 11.8. The average Bonchev–Trinajstić information content (AvgIpc) is 3.46. The first-order valence-corrected chi connectivity index (χ1v) is 16.4. The van der Waals surface area contributed by atoms with Crippen molar-refractivity contribution < 1.29 is 0 Å². The number of hydrogen-bond donors (Lipinski definition) is 0. The maximum Gasteiger partial charge on any atom is 0.0948 e. The molecule has 210 valence electrons. The SMILES string of the molecule is CCCCCCCCCCCCCCC(Cc1ccccc1)C(CCCCCCCCC)n1ccnc1. The molecule has 2 nitrogen and oxygen atoms in total. The van der Waals surface area contributed by atoms with Crippen LogP contribution in [0.1, 0.15) is 160 Å². The molecule has 37 heavy (non-hydrogen) atoms. The highest BCUT2D eigenvalue weighted by Gasteiger charge is 2.23. The Kier molecular flexibility index (Phi) is 19.2. The molecule has 2 aromatic rings. The van der Waals surface area contributed by atoms with Gasteiger partial charge in [-0.05, 0) is 30.7 Å². The zero-order chi connectivity index (χ0) is 26.2. The summed E-state index contributed by atoms with van der Waals surface area (Å²) >= 11 is 0. The summed E-state index contributed by atoms with van der Waals surface area (Å²) in [6.07, 6.45) is 36.9. The van der Waals surface area contributed by atoms with Crippen LogP contribution >= 0.6 is 0 Å². The molecule has 0 bridgehead atoms. The lowest BCUT2D eigenvalue weighted by Crippen LogP contribution is -2.21. The second-order valence-electron chi connectivity index (χ2n) is 11.6. The van der Waals surface area contributed by atoms with Crippen LogP contribution in [-0.2, 0) is 6.42 Å². The fourth-order valence-corrected chi connectivity index (χ4v) is 6.00. The van der Waals surface area contributed by atoms with Crippen molar-refractivity contribution in [1.82, 2.24) is 9.55 Å². The molecule has 0 aliphatic heterocycles. The van der Waals surface area contributed by atoms with E-state index in [1.54, 1.807) is 0 Å². The quantitative estimate of drug-likeness (QED) is 0.122. The van der Waals surface area contributed by atoms with Crippen LogP contribution in [0.25, 0.3) is 0 Å². The molecule has 0 aliphatic rings. The number of rotatable bonds is 25. The molecule has 0 saturated carbocycles. The van der Waals surface area contributed by atoms with E-state index in [-0.39, 0.29) is 0 Å². The van der Waals surface area contributed by atoms with Crippen LogP contribution in [-0.4, -0.2) is 9.55 Å². The maximum absolute atomic E-state index is 4.44. The van der Waals surface area contributed by atoms with Gasteiger partial charge in [-0.1, -0.05) is 166 Å². The summed E-state index contributed by atoms with van der Waals surface area (Å²) in [4.78, 5) is 4.44. The Bertz CT molecular complexity index is 708. The second kappa shape index (κ2) is 22.4. The first kappa shape index (κ1) is 31.6. The molecule has 2 unspecified atom stereocenters. The van der Waals surface area contributed by atoms with Crippen LogP contribution in [0.5, 0.6) is 0 Å². The van der Waals surface area contributed by atoms with Crippen LogP contribution in [0.3, 0.4) is 0 Å². The average molecular weight is 509 g/mol. The Morgan fingerprint density at radius 2 is 1.08 bits per heavy atom. The van der Waals surface area contributed by atoms with Crippen molar-refractivity contribution in [2.24, 2.45) is 5.92 Å². The van der Waals surface area contributed by atoms with Crippen molar-refractivity contribution in [2.75, 3.05) is 0 Å². The molecular weight excluding hydrogens is 448 g/mol. The van der Waals surface area contributed by atoms with Crippen LogP contribution in [0, 0.1) is 5.92 Å². The largest absolute Gasteiger partial charge is 0.334 e. The van der Waals surface area contributed by atoms with E-state index in [0.29, 0.717) is 12.0 Å². The third-order valence-electron chi connectivity index (χ3n) is 8.32. The van der Waals surface area contributed by atoms with E-state index in [1.165, 1.54) is 147 Å². The third kappa shape index (κ3) is 15.4. The summed E-state index contributed by atoms with van der Waals surface area (Å²) in [7, 11) is 0. The van der Waals surface area contributed by atoms with Gasteiger partial charge in [-0.2, -0.15) is 0 Å². The van der Waals surface area contributed by atoms with E-state index in [4.69, 9.17) is 0 Å². The topological polar surface area (TPSA) is 17.8 Å². The van der Waals surface area contributed by atoms with Crippen LogP contribution < -0.4 is 0 Å². The molecule has 2 rings (SSSR count). The van der Waals surface area contributed by atoms with E-state index in [1.807, 2.05) is 6.20 Å². The van der Waals surface area contributed by atoms with E-state index < -0.39 is 0 Å². The van der Waals surface area contributed by atoms with Crippen LogP contribution in [0.15, 0.2) is 49.1 Å². The molecule has 2 heteroatoms. The van der Waals surface area contributed by atoms with Gasteiger partial charge in [0.1, 0.15) is 0 Å². The zero-order valence-electron chi connectivity index (χ0n) is 24.7. The molecule has 0 N–H and O–H groups in total. The lowest BCUT2D eigenvalue weighted by molar-refractivity contribution is 0.275. The molecule has 0 saturated heterocycles. The minimum absolute atomic E-state index is 0.575. The number of nitrogens with zero attached hydrogens (tertiary/aromatic N) is 2. The number of unbranched alkanes of at least 4 members (excludes halogenated alkanes) is 17. The van der Waals surface area contributed by atoms with Gasteiger partial charge in [-0.3, -0.25) is 0 Å². The zero-order valence-corrected chi connectivity index (χ0v) is 24.7. The number of benzene rings is 1. The smallest absolute Gasteiger partial charge is 0.0948 e. The Morgan fingerprint density at radius 3 is 1.57 bits per heavy atom. The highest BCUT2D eigenvalue weighted by Crippen LogP contribution is 2.32. The highest BCUT2D eigenvalue weighted by molar-refractivity contribution is 5.15. The van der Waals surface area contributed by atoms with Crippen molar-refractivity contribution in [2.45, 2.75) is 161 Å². The van der Waals surface area contributed by atoms with E-state index in [0.717, 1.165) is 0 Å². The Labute approximate surface area is 231 Å². The minimum atomic E-state index is 0.575. The van der Waals surface area contributed by atoms with Crippen LogP contribution in [0.4, 0.5) is 0 Å². The van der Waals surface area contributed by atoms with Crippen molar-refractivity contribution in [1.29, 1.82) is 0 Å². The van der Waals surface area contributed by atoms with E-state index in [2.05, 4.69) is 66.3 Å². The lowest BCUT2D eigenvalue weighted by Gasteiger charge is -2.29. The summed E-state index contributed by atoms with van der Waals surface area (Å²) in [6.45, 7) is 4.61. The molecule has 0 radical (unpaired) electrons.